The van der Waals surface area contributed by atoms with Crippen LogP contribution in [0, 0.1) is 6.92 Å². The summed E-state index contributed by atoms with van der Waals surface area (Å²) in [4.78, 5) is 15.1. The number of aryl methyl sites for hydroxylation is 1. The van der Waals surface area contributed by atoms with Gasteiger partial charge in [0.25, 0.3) is 5.91 Å². The fourth-order valence-electron chi connectivity index (χ4n) is 1.74. The fraction of sp³-hybridized carbons (Fsp3) is 0.250. The van der Waals surface area contributed by atoms with E-state index in [4.69, 9.17) is 0 Å². The lowest BCUT2D eigenvalue weighted by Crippen LogP contribution is -2.20. The van der Waals surface area contributed by atoms with Crippen LogP contribution in [0.15, 0.2) is 23.1 Å². The standard InChI is InChI=1S/C12H12F3N5O3S/c1-6-3-4-7(24(22,23)16-2)5-8(6)9(21)17-11-18-10(19-20-11)12(13,14)15/h3-5,16H,1-2H3,(H2,17,18,19,20,21). The Bertz CT molecular complexity index is 876. The van der Waals surface area contributed by atoms with Crippen molar-refractivity contribution >= 4 is 21.9 Å². The smallest absolute Gasteiger partial charge is 0.289 e. The van der Waals surface area contributed by atoms with E-state index in [1.165, 1.54) is 19.2 Å². The summed E-state index contributed by atoms with van der Waals surface area (Å²) >= 11 is 0. The molecule has 0 saturated heterocycles. The Balaban J connectivity index is 2.30. The van der Waals surface area contributed by atoms with Gasteiger partial charge in [-0.25, -0.2) is 13.1 Å². The third-order valence-electron chi connectivity index (χ3n) is 3.01. The van der Waals surface area contributed by atoms with E-state index in [9.17, 15) is 26.4 Å². The highest BCUT2D eigenvalue weighted by Gasteiger charge is 2.35. The Kier molecular flexibility index (Phi) is 4.62. The minimum absolute atomic E-state index is 0.0373. The van der Waals surface area contributed by atoms with Gasteiger partial charge in [0, 0.05) is 5.56 Å². The second-order valence-electron chi connectivity index (χ2n) is 4.64. The van der Waals surface area contributed by atoms with Gasteiger partial charge < -0.3 is 0 Å². The molecule has 0 radical (unpaired) electrons. The molecule has 0 bridgehead atoms. The molecular weight excluding hydrogens is 351 g/mol. The molecule has 1 amide bonds. The Morgan fingerprint density at radius 2 is 1.96 bits per heavy atom. The molecule has 1 heterocycles. The minimum atomic E-state index is -4.73. The third-order valence-corrected chi connectivity index (χ3v) is 4.42. The molecule has 1 aromatic carbocycles. The van der Waals surface area contributed by atoms with Crippen LogP contribution in [0.1, 0.15) is 21.7 Å². The topological polar surface area (TPSA) is 117 Å². The number of carbonyl (C=O) groups excluding carboxylic acids is 1. The van der Waals surface area contributed by atoms with Gasteiger partial charge in [0.05, 0.1) is 4.90 Å². The van der Waals surface area contributed by atoms with Gasteiger partial charge in [-0.1, -0.05) is 6.07 Å². The molecule has 130 valence electrons. The first-order chi connectivity index (χ1) is 11.0. The summed E-state index contributed by atoms with van der Waals surface area (Å²) in [6.07, 6.45) is -4.73. The average molecular weight is 363 g/mol. The molecule has 0 saturated carbocycles. The van der Waals surface area contributed by atoms with E-state index in [1.807, 2.05) is 0 Å². The van der Waals surface area contributed by atoms with Crippen molar-refractivity contribution in [1.29, 1.82) is 0 Å². The van der Waals surface area contributed by atoms with Crippen molar-refractivity contribution in [2.24, 2.45) is 0 Å². The van der Waals surface area contributed by atoms with E-state index < -0.39 is 33.9 Å². The number of nitrogens with one attached hydrogen (secondary N) is 3. The van der Waals surface area contributed by atoms with Gasteiger partial charge in [-0.2, -0.15) is 18.2 Å². The first-order valence-electron chi connectivity index (χ1n) is 6.40. The number of nitrogens with zero attached hydrogens (tertiary/aromatic N) is 2. The van der Waals surface area contributed by atoms with Gasteiger partial charge in [0.2, 0.25) is 21.8 Å². The molecule has 0 aliphatic rings. The van der Waals surface area contributed by atoms with Crippen molar-refractivity contribution < 1.29 is 26.4 Å². The maximum atomic E-state index is 12.4. The van der Waals surface area contributed by atoms with Crippen LogP contribution < -0.4 is 10.0 Å². The summed E-state index contributed by atoms with van der Waals surface area (Å²) in [7, 11) is -2.57. The van der Waals surface area contributed by atoms with Gasteiger partial charge in [-0.3, -0.25) is 15.2 Å². The highest BCUT2D eigenvalue weighted by molar-refractivity contribution is 7.89. The van der Waals surface area contributed by atoms with Crippen molar-refractivity contribution in [2.75, 3.05) is 12.4 Å². The number of hydrogen-bond donors (Lipinski definition) is 3. The zero-order valence-corrected chi connectivity index (χ0v) is 13.2. The lowest BCUT2D eigenvalue weighted by Gasteiger charge is -2.08. The average Bonchev–Trinajstić information content (AvgIpc) is 2.96. The highest BCUT2D eigenvalue weighted by atomic mass is 32.2. The molecule has 3 N–H and O–H groups in total. The normalized spacial score (nSPS) is 12.2. The molecule has 2 aromatic rings. The predicted molar refractivity (Wildman–Crippen MR) is 76.8 cm³/mol. The van der Waals surface area contributed by atoms with Crippen LogP contribution in [-0.4, -0.2) is 36.6 Å². The summed E-state index contributed by atoms with van der Waals surface area (Å²) < 4.78 is 62.9. The Morgan fingerprint density at radius 1 is 1.29 bits per heavy atom. The number of carbonyl (C=O) groups is 1. The summed E-state index contributed by atoms with van der Waals surface area (Å²) in [5.74, 6) is -2.77. The molecule has 0 aliphatic heterocycles. The number of halogens is 3. The molecule has 1 aromatic heterocycles. The Morgan fingerprint density at radius 3 is 2.50 bits per heavy atom. The number of rotatable bonds is 4. The van der Waals surface area contributed by atoms with E-state index in [1.54, 1.807) is 12.0 Å². The summed E-state index contributed by atoms with van der Waals surface area (Å²) in [6.45, 7) is 1.55. The molecule has 0 fully saturated rings. The van der Waals surface area contributed by atoms with E-state index in [0.717, 1.165) is 6.07 Å². The minimum Gasteiger partial charge on any atom is -0.289 e. The Labute approximate surface area is 134 Å². The first-order valence-corrected chi connectivity index (χ1v) is 7.88. The van der Waals surface area contributed by atoms with Gasteiger partial charge in [0.15, 0.2) is 0 Å². The number of aromatic nitrogens is 3. The molecule has 0 spiro atoms. The zero-order valence-electron chi connectivity index (χ0n) is 12.4. The monoisotopic (exact) mass is 363 g/mol. The van der Waals surface area contributed by atoms with E-state index >= 15 is 0 Å². The van der Waals surface area contributed by atoms with Crippen molar-refractivity contribution in [3.8, 4) is 0 Å². The quantitative estimate of drug-likeness (QED) is 0.757. The maximum absolute atomic E-state index is 12.4. The van der Waals surface area contributed by atoms with Crippen molar-refractivity contribution in [1.82, 2.24) is 19.9 Å². The summed E-state index contributed by atoms with van der Waals surface area (Å²) in [6, 6.07) is 3.80. The van der Waals surface area contributed by atoms with Crippen LogP contribution in [0.4, 0.5) is 19.1 Å². The molecule has 0 atom stereocenters. The molecule has 12 heteroatoms. The number of hydrogen-bond acceptors (Lipinski definition) is 5. The molecular formula is C12H12F3N5O3S. The molecule has 24 heavy (non-hydrogen) atoms. The highest BCUT2D eigenvalue weighted by Crippen LogP contribution is 2.26. The van der Waals surface area contributed by atoms with E-state index in [0.29, 0.717) is 5.56 Å². The van der Waals surface area contributed by atoms with Crippen LogP contribution >= 0.6 is 0 Å². The van der Waals surface area contributed by atoms with Crippen LogP contribution in [0.3, 0.4) is 0 Å². The fourth-order valence-corrected chi connectivity index (χ4v) is 2.50. The van der Waals surface area contributed by atoms with Crippen molar-refractivity contribution in [2.45, 2.75) is 18.0 Å². The predicted octanol–water partition coefficient (Wildman–Crippen LogP) is 1.29. The number of anilines is 1. The Hall–Kier alpha value is -2.47. The van der Waals surface area contributed by atoms with Crippen LogP contribution in [-0.2, 0) is 16.2 Å². The number of sulfonamides is 1. The van der Waals surface area contributed by atoms with E-state index in [-0.39, 0.29) is 10.5 Å². The number of H-pyrrole nitrogens is 1. The maximum Gasteiger partial charge on any atom is 0.451 e. The first kappa shape index (κ1) is 17.9. The SMILES string of the molecule is CNS(=O)(=O)c1ccc(C)c(C(=O)Nc2n[nH]c(C(F)(F)F)n2)c1. The molecule has 8 nitrogen and oxygen atoms in total. The summed E-state index contributed by atoms with van der Waals surface area (Å²) in [5.41, 5.74) is 0.388. The second-order valence-corrected chi connectivity index (χ2v) is 6.53. The third kappa shape index (κ3) is 3.71. The molecule has 0 aliphatic carbocycles. The zero-order chi connectivity index (χ0) is 18.1. The van der Waals surface area contributed by atoms with Gasteiger partial charge in [0.1, 0.15) is 0 Å². The number of aromatic amines is 1. The second kappa shape index (κ2) is 6.20. The van der Waals surface area contributed by atoms with Gasteiger partial charge in [-0.05, 0) is 31.7 Å². The van der Waals surface area contributed by atoms with Crippen LogP contribution in [0.5, 0.6) is 0 Å². The number of amides is 1. The summed E-state index contributed by atoms with van der Waals surface area (Å²) in [5, 5.41) is 6.98. The lowest BCUT2D eigenvalue weighted by molar-refractivity contribution is -0.144. The van der Waals surface area contributed by atoms with Gasteiger partial charge >= 0.3 is 6.18 Å². The lowest BCUT2D eigenvalue weighted by atomic mass is 10.1. The van der Waals surface area contributed by atoms with Gasteiger partial charge in [-0.15, -0.1) is 5.10 Å². The number of alkyl halides is 3. The van der Waals surface area contributed by atoms with Crippen molar-refractivity contribution in [3.63, 3.8) is 0 Å². The van der Waals surface area contributed by atoms with E-state index in [2.05, 4.69) is 20.1 Å². The number of benzene rings is 1. The largest absolute Gasteiger partial charge is 0.451 e. The van der Waals surface area contributed by atoms with Crippen LogP contribution in [0.25, 0.3) is 0 Å². The van der Waals surface area contributed by atoms with Crippen molar-refractivity contribution in [3.05, 3.63) is 35.2 Å². The molecule has 2 rings (SSSR count). The molecule has 0 unspecified atom stereocenters. The van der Waals surface area contributed by atoms with Crippen LogP contribution in [0.2, 0.25) is 0 Å².